The highest BCUT2D eigenvalue weighted by Crippen LogP contribution is 2.30. The van der Waals surface area contributed by atoms with E-state index < -0.39 is 6.10 Å². The molecule has 0 fully saturated rings. The van der Waals surface area contributed by atoms with Crippen molar-refractivity contribution in [3.63, 3.8) is 0 Å². The van der Waals surface area contributed by atoms with Gasteiger partial charge >= 0.3 is 0 Å². The van der Waals surface area contributed by atoms with Crippen LogP contribution in [0.1, 0.15) is 22.3 Å². The molecule has 3 heterocycles. The third-order valence-electron chi connectivity index (χ3n) is 3.35. The average Bonchev–Trinajstić information content (AvgIpc) is 3.01. The number of fused-ring (bicyclic) bond motifs is 1. The first-order valence-electron chi connectivity index (χ1n) is 6.44. The number of halogens is 1. The SMILES string of the molecule is Cc1oc2ncnc(NCC(O)c3ccc(Cl)s3)c2c1C. The van der Waals surface area contributed by atoms with Crippen molar-refractivity contribution in [3.05, 3.63) is 39.0 Å². The van der Waals surface area contributed by atoms with Crippen LogP contribution in [0.4, 0.5) is 5.82 Å². The molecule has 0 bridgehead atoms. The minimum absolute atomic E-state index is 0.340. The van der Waals surface area contributed by atoms with E-state index in [0.717, 1.165) is 21.6 Å². The van der Waals surface area contributed by atoms with Gasteiger partial charge < -0.3 is 14.8 Å². The van der Waals surface area contributed by atoms with Gasteiger partial charge in [-0.3, -0.25) is 0 Å². The van der Waals surface area contributed by atoms with Crippen molar-refractivity contribution in [2.45, 2.75) is 20.0 Å². The molecule has 0 aromatic carbocycles. The Bertz CT molecular complexity index is 784. The third kappa shape index (κ3) is 2.74. The van der Waals surface area contributed by atoms with E-state index in [-0.39, 0.29) is 0 Å². The highest BCUT2D eigenvalue weighted by molar-refractivity contribution is 7.16. The van der Waals surface area contributed by atoms with E-state index in [1.54, 1.807) is 6.07 Å². The number of nitrogens with zero attached hydrogens (tertiary/aromatic N) is 2. The number of aliphatic hydroxyl groups excluding tert-OH is 1. The van der Waals surface area contributed by atoms with Crippen LogP contribution in [-0.2, 0) is 0 Å². The molecule has 0 aliphatic rings. The van der Waals surface area contributed by atoms with Gasteiger partial charge in [-0.1, -0.05) is 11.6 Å². The zero-order chi connectivity index (χ0) is 15.0. The van der Waals surface area contributed by atoms with Gasteiger partial charge in [-0.15, -0.1) is 11.3 Å². The molecule has 0 aliphatic carbocycles. The quantitative estimate of drug-likeness (QED) is 0.766. The normalized spacial score (nSPS) is 12.8. The molecule has 0 amide bonds. The molecule has 5 nitrogen and oxygen atoms in total. The van der Waals surface area contributed by atoms with E-state index in [4.69, 9.17) is 16.0 Å². The lowest BCUT2D eigenvalue weighted by Crippen LogP contribution is -2.12. The standard InChI is InChI=1S/C14H14ClN3O2S/c1-7-8(2)20-14-12(7)13(17-6-18-14)16-5-9(19)10-3-4-11(15)21-10/h3-4,6,9,19H,5H2,1-2H3,(H,16,17,18). The summed E-state index contributed by atoms with van der Waals surface area (Å²) in [7, 11) is 0. The molecule has 3 aromatic rings. The summed E-state index contributed by atoms with van der Waals surface area (Å²) in [5.41, 5.74) is 1.55. The number of nitrogens with one attached hydrogen (secondary N) is 1. The van der Waals surface area contributed by atoms with Crippen molar-refractivity contribution in [3.8, 4) is 0 Å². The molecule has 1 atom stereocenters. The van der Waals surface area contributed by atoms with E-state index in [1.807, 2.05) is 19.9 Å². The zero-order valence-electron chi connectivity index (χ0n) is 11.6. The van der Waals surface area contributed by atoms with Crippen molar-refractivity contribution in [1.29, 1.82) is 0 Å². The maximum atomic E-state index is 10.2. The number of hydrogen-bond donors (Lipinski definition) is 2. The van der Waals surface area contributed by atoms with Crippen LogP contribution < -0.4 is 5.32 Å². The molecule has 110 valence electrons. The molecule has 0 saturated heterocycles. The van der Waals surface area contributed by atoms with Crippen molar-refractivity contribution >= 4 is 39.9 Å². The molecule has 0 saturated carbocycles. The summed E-state index contributed by atoms with van der Waals surface area (Å²) < 4.78 is 6.23. The lowest BCUT2D eigenvalue weighted by molar-refractivity contribution is 0.195. The van der Waals surface area contributed by atoms with Crippen LogP contribution in [0.25, 0.3) is 11.1 Å². The van der Waals surface area contributed by atoms with Gasteiger partial charge in [0, 0.05) is 17.0 Å². The number of aryl methyl sites for hydroxylation is 2. The van der Waals surface area contributed by atoms with E-state index in [2.05, 4.69) is 15.3 Å². The smallest absolute Gasteiger partial charge is 0.231 e. The van der Waals surface area contributed by atoms with Gasteiger partial charge in [0.1, 0.15) is 24.0 Å². The average molecular weight is 324 g/mol. The third-order valence-corrected chi connectivity index (χ3v) is 4.68. The first kappa shape index (κ1) is 14.3. The van der Waals surface area contributed by atoms with Crippen LogP contribution in [-0.4, -0.2) is 21.6 Å². The lowest BCUT2D eigenvalue weighted by atomic mass is 10.2. The summed E-state index contributed by atoms with van der Waals surface area (Å²) in [6.07, 6.45) is 0.808. The molecule has 2 N–H and O–H groups in total. The van der Waals surface area contributed by atoms with Crippen molar-refractivity contribution in [2.24, 2.45) is 0 Å². The number of aliphatic hydroxyl groups is 1. The van der Waals surface area contributed by atoms with Crippen molar-refractivity contribution in [2.75, 3.05) is 11.9 Å². The molecular weight excluding hydrogens is 310 g/mol. The van der Waals surface area contributed by atoms with Crippen LogP contribution in [0.5, 0.6) is 0 Å². The number of thiophene rings is 1. The topological polar surface area (TPSA) is 71.2 Å². The number of aromatic nitrogens is 2. The summed E-state index contributed by atoms with van der Waals surface area (Å²) >= 11 is 7.24. The van der Waals surface area contributed by atoms with Gasteiger partial charge in [0.15, 0.2) is 0 Å². The maximum absolute atomic E-state index is 10.2. The van der Waals surface area contributed by atoms with E-state index in [0.29, 0.717) is 22.4 Å². The van der Waals surface area contributed by atoms with E-state index >= 15 is 0 Å². The summed E-state index contributed by atoms with van der Waals surface area (Å²) in [5, 5.41) is 14.2. The first-order valence-corrected chi connectivity index (χ1v) is 7.63. The van der Waals surface area contributed by atoms with Gasteiger partial charge in [0.25, 0.3) is 0 Å². The van der Waals surface area contributed by atoms with E-state index in [1.165, 1.54) is 17.7 Å². The Labute approximate surface area is 130 Å². The Morgan fingerprint density at radius 2 is 2.19 bits per heavy atom. The molecule has 1 unspecified atom stereocenters. The van der Waals surface area contributed by atoms with Crippen LogP contribution >= 0.6 is 22.9 Å². The highest BCUT2D eigenvalue weighted by atomic mass is 35.5. The van der Waals surface area contributed by atoms with Gasteiger partial charge in [-0.25, -0.2) is 9.97 Å². The first-order chi connectivity index (χ1) is 10.1. The Balaban J connectivity index is 1.82. The second kappa shape index (κ2) is 5.63. The number of hydrogen-bond acceptors (Lipinski definition) is 6. The fourth-order valence-corrected chi connectivity index (χ4v) is 3.16. The molecule has 0 radical (unpaired) electrons. The zero-order valence-corrected chi connectivity index (χ0v) is 13.1. The molecule has 7 heteroatoms. The maximum Gasteiger partial charge on any atom is 0.231 e. The van der Waals surface area contributed by atoms with Crippen LogP contribution in [0.15, 0.2) is 22.9 Å². The second-order valence-electron chi connectivity index (χ2n) is 4.72. The van der Waals surface area contributed by atoms with Gasteiger partial charge in [0.05, 0.1) is 9.72 Å². The van der Waals surface area contributed by atoms with Crippen LogP contribution in [0.2, 0.25) is 4.34 Å². The fourth-order valence-electron chi connectivity index (χ4n) is 2.12. The summed E-state index contributed by atoms with van der Waals surface area (Å²) in [6, 6.07) is 3.60. The molecule has 3 aromatic heterocycles. The fraction of sp³-hybridized carbons (Fsp3) is 0.286. The van der Waals surface area contributed by atoms with Gasteiger partial charge in [-0.05, 0) is 26.0 Å². The number of rotatable bonds is 4. The van der Waals surface area contributed by atoms with Crippen LogP contribution in [0.3, 0.4) is 0 Å². The highest BCUT2D eigenvalue weighted by Gasteiger charge is 2.15. The minimum atomic E-state index is -0.638. The largest absolute Gasteiger partial charge is 0.443 e. The monoisotopic (exact) mass is 323 g/mol. The number of furan rings is 1. The Morgan fingerprint density at radius 1 is 1.38 bits per heavy atom. The van der Waals surface area contributed by atoms with Crippen molar-refractivity contribution < 1.29 is 9.52 Å². The molecule has 3 rings (SSSR count). The summed E-state index contributed by atoms with van der Waals surface area (Å²) in [4.78, 5) is 9.17. The predicted molar refractivity (Wildman–Crippen MR) is 84.1 cm³/mol. The van der Waals surface area contributed by atoms with Gasteiger partial charge in [0.2, 0.25) is 5.71 Å². The molecular formula is C14H14ClN3O2S. The molecule has 21 heavy (non-hydrogen) atoms. The predicted octanol–water partition coefficient (Wildman–Crippen LogP) is 3.70. The molecule has 0 spiro atoms. The van der Waals surface area contributed by atoms with Crippen LogP contribution in [0, 0.1) is 13.8 Å². The number of anilines is 1. The summed E-state index contributed by atoms with van der Waals surface area (Å²) in [5.74, 6) is 1.48. The Kier molecular flexibility index (Phi) is 3.84. The van der Waals surface area contributed by atoms with Crippen molar-refractivity contribution in [1.82, 2.24) is 9.97 Å². The Morgan fingerprint density at radius 3 is 2.90 bits per heavy atom. The van der Waals surface area contributed by atoms with E-state index in [9.17, 15) is 5.11 Å². The van der Waals surface area contributed by atoms with Gasteiger partial charge in [-0.2, -0.15) is 0 Å². The lowest BCUT2D eigenvalue weighted by Gasteiger charge is -2.11. The Hall–Kier alpha value is -1.63. The summed E-state index contributed by atoms with van der Waals surface area (Å²) in [6.45, 7) is 4.20. The minimum Gasteiger partial charge on any atom is -0.443 e. The molecule has 0 aliphatic heterocycles. The second-order valence-corrected chi connectivity index (χ2v) is 6.47.